The van der Waals surface area contributed by atoms with Crippen LogP contribution in [0.15, 0.2) is 24.4 Å². The summed E-state index contributed by atoms with van der Waals surface area (Å²) in [7, 11) is 0. The highest BCUT2D eigenvalue weighted by molar-refractivity contribution is 6.33. The molecular weight excluding hydrogens is 336 g/mol. The maximum absolute atomic E-state index is 6.53. The second-order valence-electron chi connectivity index (χ2n) is 8.00. The van der Waals surface area contributed by atoms with Crippen LogP contribution in [0.2, 0.25) is 5.02 Å². The van der Waals surface area contributed by atoms with E-state index in [9.17, 15) is 0 Å². The summed E-state index contributed by atoms with van der Waals surface area (Å²) in [5.74, 6) is 0. The Morgan fingerprint density at radius 3 is 2.80 bits per heavy atom. The van der Waals surface area contributed by atoms with Gasteiger partial charge in [-0.3, -0.25) is 0 Å². The lowest BCUT2D eigenvalue weighted by atomic mass is 9.84. The van der Waals surface area contributed by atoms with Gasteiger partial charge >= 0.3 is 0 Å². The number of hydrogen-bond acceptors (Lipinski definition) is 4. The number of halogens is 1. The van der Waals surface area contributed by atoms with Gasteiger partial charge < -0.3 is 9.64 Å². The summed E-state index contributed by atoms with van der Waals surface area (Å²) in [5.41, 5.74) is 3.32. The molecule has 0 saturated carbocycles. The SMILES string of the molecule is CC1(C)CN(c2ccc(-c3cn(C[C@H]4CCCCO4)nn3)c(Cl)c2)C1. The Kier molecular flexibility index (Phi) is 4.46. The minimum absolute atomic E-state index is 0.246. The van der Waals surface area contributed by atoms with Gasteiger partial charge in [0.2, 0.25) is 0 Å². The average Bonchev–Trinajstić information content (AvgIpc) is 3.01. The molecular formula is C19H25ClN4O. The molecule has 2 aliphatic heterocycles. The van der Waals surface area contributed by atoms with E-state index in [0.29, 0.717) is 5.41 Å². The summed E-state index contributed by atoms with van der Waals surface area (Å²) in [6.07, 6.45) is 5.70. The van der Waals surface area contributed by atoms with Crippen LogP contribution in [0, 0.1) is 5.41 Å². The minimum Gasteiger partial charge on any atom is -0.376 e. The van der Waals surface area contributed by atoms with E-state index in [1.54, 1.807) is 0 Å². The smallest absolute Gasteiger partial charge is 0.114 e. The van der Waals surface area contributed by atoms with E-state index in [1.165, 1.54) is 12.1 Å². The van der Waals surface area contributed by atoms with Crippen molar-refractivity contribution in [2.45, 2.75) is 45.8 Å². The number of rotatable bonds is 4. The van der Waals surface area contributed by atoms with Crippen molar-refractivity contribution in [1.29, 1.82) is 0 Å². The molecule has 2 aromatic rings. The molecule has 2 fully saturated rings. The van der Waals surface area contributed by atoms with Gasteiger partial charge in [-0.25, -0.2) is 4.68 Å². The van der Waals surface area contributed by atoms with Crippen molar-refractivity contribution >= 4 is 17.3 Å². The van der Waals surface area contributed by atoms with Gasteiger partial charge in [0.1, 0.15) is 5.69 Å². The highest BCUT2D eigenvalue weighted by atomic mass is 35.5. The molecule has 1 aromatic carbocycles. The van der Waals surface area contributed by atoms with Crippen molar-refractivity contribution in [2.24, 2.45) is 5.41 Å². The zero-order valence-electron chi connectivity index (χ0n) is 14.9. The van der Waals surface area contributed by atoms with Crippen molar-refractivity contribution in [3.05, 3.63) is 29.4 Å². The highest BCUT2D eigenvalue weighted by Gasteiger charge is 2.34. The molecule has 2 aliphatic rings. The molecule has 1 aromatic heterocycles. The second kappa shape index (κ2) is 6.61. The van der Waals surface area contributed by atoms with E-state index < -0.39 is 0 Å². The van der Waals surface area contributed by atoms with Gasteiger partial charge in [-0.2, -0.15) is 0 Å². The van der Waals surface area contributed by atoms with Crippen LogP contribution in [0.1, 0.15) is 33.1 Å². The predicted octanol–water partition coefficient (Wildman–Crippen LogP) is 4.01. The van der Waals surface area contributed by atoms with Gasteiger partial charge in [-0.05, 0) is 42.9 Å². The zero-order valence-corrected chi connectivity index (χ0v) is 15.7. The second-order valence-corrected chi connectivity index (χ2v) is 8.41. The molecule has 2 saturated heterocycles. The van der Waals surface area contributed by atoms with Crippen molar-refractivity contribution in [2.75, 3.05) is 24.6 Å². The first kappa shape index (κ1) is 16.9. The fourth-order valence-electron chi connectivity index (χ4n) is 3.75. The number of ether oxygens (including phenoxy) is 1. The quantitative estimate of drug-likeness (QED) is 0.826. The maximum Gasteiger partial charge on any atom is 0.114 e. The van der Waals surface area contributed by atoms with Crippen LogP contribution < -0.4 is 4.90 Å². The largest absolute Gasteiger partial charge is 0.376 e. The summed E-state index contributed by atoms with van der Waals surface area (Å²) in [5, 5.41) is 9.28. The van der Waals surface area contributed by atoms with Gasteiger partial charge in [0, 0.05) is 30.9 Å². The standard InChI is InChI=1S/C19H25ClN4O/c1-19(2)12-23(13-19)14-6-7-16(17(20)9-14)18-11-24(22-21-18)10-15-5-3-4-8-25-15/h6-7,9,11,15H,3-5,8,10,12-13H2,1-2H3/t15-/m1/s1. The minimum atomic E-state index is 0.246. The molecule has 6 heteroatoms. The Balaban J connectivity index is 1.46. The number of aromatic nitrogens is 3. The Bertz CT molecular complexity index is 744. The number of nitrogens with zero attached hydrogens (tertiary/aromatic N) is 4. The summed E-state index contributed by atoms with van der Waals surface area (Å²) < 4.78 is 7.65. The van der Waals surface area contributed by atoms with Crippen LogP contribution in [-0.4, -0.2) is 40.8 Å². The fraction of sp³-hybridized carbons (Fsp3) is 0.579. The first-order valence-corrected chi connectivity index (χ1v) is 9.45. The maximum atomic E-state index is 6.53. The molecule has 1 atom stereocenters. The average molecular weight is 361 g/mol. The van der Waals surface area contributed by atoms with Crippen LogP contribution in [0.5, 0.6) is 0 Å². The molecule has 0 radical (unpaired) electrons. The first-order chi connectivity index (χ1) is 12.0. The predicted molar refractivity (Wildman–Crippen MR) is 100 cm³/mol. The molecule has 5 nitrogen and oxygen atoms in total. The lowest BCUT2D eigenvalue weighted by Gasteiger charge is -2.47. The normalized spacial score (nSPS) is 22.7. The lowest BCUT2D eigenvalue weighted by Crippen LogP contribution is -2.53. The molecule has 25 heavy (non-hydrogen) atoms. The monoisotopic (exact) mass is 360 g/mol. The first-order valence-electron chi connectivity index (χ1n) is 9.07. The number of hydrogen-bond donors (Lipinski definition) is 0. The molecule has 0 bridgehead atoms. The summed E-state index contributed by atoms with van der Waals surface area (Å²) in [4.78, 5) is 2.35. The molecule has 0 aliphatic carbocycles. The Morgan fingerprint density at radius 2 is 2.12 bits per heavy atom. The molecule has 134 valence electrons. The van der Waals surface area contributed by atoms with E-state index >= 15 is 0 Å². The van der Waals surface area contributed by atoms with E-state index in [4.69, 9.17) is 16.3 Å². The number of benzene rings is 1. The lowest BCUT2D eigenvalue weighted by molar-refractivity contribution is 0.00370. The topological polar surface area (TPSA) is 43.2 Å². The van der Waals surface area contributed by atoms with Gasteiger partial charge in [0.15, 0.2) is 0 Å². The van der Waals surface area contributed by atoms with Gasteiger partial charge in [-0.1, -0.05) is 30.7 Å². The molecule has 0 amide bonds. The van der Waals surface area contributed by atoms with Gasteiger partial charge in [0.25, 0.3) is 0 Å². The highest BCUT2D eigenvalue weighted by Crippen LogP contribution is 2.37. The van der Waals surface area contributed by atoms with Gasteiger partial charge in [-0.15, -0.1) is 5.10 Å². The summed E-state index contributed by atoms with van der Waals surface area (Å²) in [6.45, 7) is 8.32. The van der Waals surface area contributed by atoms with Crippen LogP contribution in [0.25, 0.3) is 11.3 Å². The fourth-order valence-corrected chi connectivity index (χ4v) is 4.02. The van der Waals surface area contributed by atoms with E-state index in [1.807, 2.05) is 16.9 Å². The Morgan fingerprint density at radius 1 is 1.28 bits per heavy atom. The van der Waals surface area contributed by atoms with E-state index in [0.717, 1.165) is 55.4 Å². The van der Waals surface area contributed by atoms with E-state index in [2.05, 4.69) is 41.2 Å². The molecule has 3 heterocycles. The van der Waals surface area contributed by atoms with Gasteiger partial charge in [0.05, 0.1) is 23.9 Å². The number of anilines is 1. The van der Waals surface area contributed by atoms with Crippen LogP contribution in [0.3, 0.4) is 0 Å². The molecule has 0 N–H and O–H groups in total. The van der Waals surface area contributed by atoms with Crippen molar-refractivity contribution in [3.8, 4) is 11.3 Å². The summed E-state index contributed by atoms with van der Waals surface area (Å²) in [6, 6.07) is 6.21. The molecule has 0 unspecified atom stereocenters. The Hall–Kier alpha value is -1.59. The van der Waals surface area contributed by atoms with E-state index in [-0.39, 0.29) is 6.10 Å². The van der Waals surface area contributed by atoms with Crippen molar-refractivity contribution in [1.82, 2.24) is 15.0 Å². The van der Waals surface area contributed by atoms with Crippen molar-refractivity contribution in [3.63, 3.8) is 0 Å². The molecule has 4 rings (SSSR count). The van der Waals surface area contributed by atoms with Crippen molar-refractivity contribution < 1.29 is 4.74 Å². The third kappa shape index (κ3) is 3.67. The Labute approximate surface area is 153 Å². The summed E-state index contributed by atoms with van der Waals surface area (Å²) >= 11 is 6.53. The van der Waals surface area contributed by atoms with Crippen LogP contribution >= 0.6 is 11.6 Å². The van der Waals surface area contributed by atoms with Crippen LogP contribution in [0.4, 0.5) is 5.69 Å². The third-order valence-corrected chi connectivity index (χ3v) is 5.35. The van der Waals surface area contributed by atoms with Crippen LogP contribution in [-0.2, 0) is 11.3 Å². The third-order valence-electron chi connectivity index (χ3n) is 5.03. The zero-order chi connectivity index (χ0) is 17.4. The molecule has 0 spiro atoms.